The van der Waals surface area contributed by atoms with Gasteiger partial charge in [-0.15, -0.1) is 0 Å². The molecule has 1 aliphatic rings. The van der Waals surface area contributed by atoms with Gasteiger partial charge in [-0.25, -0.2) is 4.79 Å². The van der Waals surface area contributed by atoms with Crippen molar-refractivity contribution in [2.24, 2.45) is 13.0 Å². The van der Waals surface area contributed by atoms with Crippen molar-refractivity contribution in [2.75, 3.05) is 25.4 Å². The van der Waals surface area contributed by atoms with Gasteiger partial charge in [0.15, 0.2) is 6.61 Å². The van der Waals surface area contributed by atoms with Crippen molar-refractivity contribution in [3.63, 3.8) is 0 Å². The van der Waals surface area contributed by atoms with E-state index in [4.69, 9.17) is 10.5 Å². The van der Waals surface area contributed by atoms with Gasteiger partial charge in [0.2, 0.25) is 11.7 Å². The predicted octanol–water partition coefficient (Wildman–Crippen LogP) is -0.527. The standard InChI is InChI=1S/C20H22N4O6/c1-23-17(21)16(18(27)22-20(23)29)14(25)11-30-19(28)13-9-15(26)24(10-13)8-7-12-5-3-2-4-6-12/h2-6,13H,7-11,21H2,1H3,(H,22,27,29)/t13-/m1/s1. The molecule has 1 saturated heterocycles. The smallest absolute Gasteiger partial charge is 0.329 e. The molecule has 2 heterocycles. The van der Waals surface area contributed by atoms with Crippen molar-refractivity contribution < 1.29 is 19.1 Å². The molecule has 10 nitrogen and oxygen atoms in total. The molecule has 30 heavy (non-hydrogen) atoms. The molecule has 10 heteroatoms. The van der Waals surface area contributed by atoms with E-state index in [1.54, 1.807) is 4.90 Å². The van der Waals surface area contributed by atoms with E-state index in [2.05, 4.69) is 0 Å². The molecule has 158 valence electrons. The summed E-state index contributed by atoms with van der Waals surface area (Å²) in [6.07, 6.45) is 0.673. The van der Waals surface area contributed by atoms with E-state index >= 15 is 0 Å². The number of rotatable bonds is 7. The number of ketones is 1. The number of nitrogens with one attached hydrogen (secondary N) is 1. The van der Waals surface area contributed by atoms with Gasteiger partial charge >= 0.3 is 11.7 Å². The van der Waals surface area contributed by atoms with E-state index < -0.39 is 41.1 Å². The number of nitrogens with two attached hydrogens (primary N) is 1. The number of hydrogen-bond donors (Lipinski definition) is 2. The van der Waals surface area contributed by atoms with E-state index in [0.29, 0.717) is 13.0 Å². The van der Waals surface area contributed by atoms with Crippen LogP contribution in [0.5, 0.6) is 0 Å². The topological polar surface area (TPSA) is 145 Å². The summed E-state index contributed by atoms with van der Waals surface area (Å²) >= 11 is 0. The SMILES string of the molecule is Cn1c(N)c(C(=O)COC(=O)[C@@H]2CC(=O)N(CCc3ccccc3)C2)c(=O)[nH]c1=O. The van der Waals surface area contributed by atoms with Gasteiger partial charge in [-0.05, 0) is 12.0 Å². The summed E-state index contributed by atoms with van der Waals surface area (Å²) < 4.78 is 5.93. The van der Waals surface area contributed by atoms with Gasteiger partial charge in [0.05, 0.1) is 5.92 Å². The number of amides is 1. The number of anilines is 1. The van der Waals surface area contributed by atoms with Crippen molar-refractivity contribution in [2.45, 2.75) is 12.8 Å². The molecule has 3 rings (SSSR count). The number of aromatic nitrogens is 2. The number of carbonyl (C=O) groups excluding carboxylic acids is 3. The van der Waals surface area contributed by atoms with Crippen LogP contribution in [0.2, 0.25) is 0 Å². The highest BCUT2D eigenvalue weighted by molar-refractivity contribution is 6.01. The zero-order valence-electron chi connectivity index (χ0n) is 16.4. The Morgan fingerprint density at radius 2 is 1.90 bits per heavy atom. The zero-order valence-corrected chi connectivity index (χ0v) is 16.4. The molecule has 0 unspecified atom stereocenters. The Bertz CT molecular complexity index is 1090. The fourth-order valence-electron chi connectivity index (χ4n) is 3.29. The van der Waals surface area contributed by atoms with Crippen LogP contribution in [0.15, 0.2) is 39.9 Å². The third kappa shape index (κ3) is 4.48. The normalized spacial score (nSPS) is 16.0. The summed E-state index contributed by atoms with van der Waals surface area (Å²) in [6, 6.07) is 9.67. The third-order valence-electron chi connectivity index (χ3n) is 5.06. The first-order chi connectivity index (χ1) is 14.3. The predicted molar refractivity (Wildman–Crippen MR) is 107 cm³/mol. The van der Waals surface area contributed by atoms with Crippen LogP contribution < -0.4 is 17.0 Å². The second kappa shape index (κ2) is 8.76. The number of H-pyrrole nitrogens is 1. The number of nitrogens with zero attached hydrogens (tertiary/aromatic N) is 2. The Labute approximate surface area is 171 Å². The van der Waals surface area contributed by atoms with Crippen LogP contribution in [0.25, 0.3) is 0 Å². The quantitative estimate of drug-likeness (QED) is 0.458. The molecule has 2 aromatic rings. The molecule has 3 N–H and O–H groups in total. The first-order valence-corrected chi connectivity index (χ1v) is 9.38. The number of aromatic amines is 1. The van der Waals surface area contributed by atoms with E-state index in [1.165, 1.54) is 7.05 Å². The maximum absolute atomic E-state index is 12.3. The maximum atomic E-state index is 12.3. The summed E-state index contributed by atoms with van der Waals surface area (Å²) in [7, 11) is 1.30. The Balaban J connectivity index is 1.56. The molecule has 1 atom stereocenters. The minimum Gasteiger partial charge on any atom is -0.457 e. The lowest BCUT2D eigenvalue weighted by Gasteiger charge is -2.16. The number of nitrogen functional groups attached to an aromatic ring is 1. The van der Waals surface area contributed by atoms with Gasteiger partial charge in [0, 0.05) is 26.6 Å². The minimum atomic E-state index is -0.945. The summed E-state index contributed by atoms with van der Waals surface area (Å²) in [6.45, 7) is -0.0181. The fourth-order valence-corrected chi connectivity index (χ4v) is 3.29. The Hall–Kier alpha value is -3.69. The Morgan fingerprint density at radius 3 is 2.60 bits per heavy atom. The lowest BCUT2D eigenvalue weighted by Crippen LogP contribution is -2.36. The minimum absolute atomic E-state index is 0.00434. The van der Waals surface area contributed by atoms with E-state index in [0.717, 1.165) is 10.1 Å². The van der Waals surface area contributed by atoms with Gasteiger partial charge < -0.3 is 15.4 Å². The number of benzene rings is 1. The molecule has 0 aliphatic carbocycles. The average molecular weight is 414 g/mol. The van der Waals surface area contributed by atoms with Gasteiger partial charge in [0.25, 0.3) is 5.56 Å². The van der Waals surface area contributed by atoms with Crippen LogP contribution in [0.4, 0.5) is 5.82 Å². The number of likely N-dealkylation sites (tertiary alicyclic amines) is 1. The second-order valence-corrected chi connectivity index (χ2v) is 7.09. The maximum Gasteiger partial charge on any atom is 0.329 e. The van der Waals surface area contributed by atoms with Crippen LogP contribution in [-0.4, -0.2) is 51.8 Å². The number of Topliss-reactive ketones (excluding diaryl/α,β-unsaturated/α-hetero) is 1. The highest BCUT2D eigenvalue weighted by Crippen LogP contribution is 2.20. The molecule has 0 bridgehead atoms. The average Bonchev–Trinajstić information content (AvgIpc) is 3.10. The molecular formula is C20H22N4O6. The molecule has 0 saturated carbocycles. The van der Waals surface area contributed by atoms with Crippen molar-refractivity contribution in [3.8, 4) is 0 Å². The highest BCUT2D eigenvalue weighted by Gasteiger charge is 2.35. The molecule has 1 amide bonds. The van der Waals surface area contributed by atoms with Gasteiger partial charge in [-0.2, -0.15) is 0 Å². The summed E-state index contributed by atoms with van der Waals surface area (Å²) in [5, 5.41) is 0. The monoisotopic (exact) mass is 414 g/mol. The summed E-state index contributed by atoms with van der Waals surface area (Å²) in [5.74, 6) is -2.68. The first-order valence-electron chi connectivity index (χ1n) is 9.38. The van der Waals surface area contributed by atoms with Crippen LogP contribution in [-0.2, 0) is 27.8 Å². The molecule has 1 fully saturated rings. The third-order valence-corrected chi connectivity index (χ3v) is 5.06. The van der Waals surface area contributed by atoms with Crippen molar-refractivity contribution in [1.29, 1.82) is 0 Å². The molecule has 0 radical (unpaired) electrons. The van der Waals surface area contributed by atoms with E-state index in [9.17, 15) is 24.0 Å². The Morgan fingerprint density at radius 1 is 1.20 bits per heavy atom. The van der Waals surface area contributed by atoms with Gasteiger partial charge in [-0.3, -0.25) is 28.7 Å². The zero-order chi connectivity index (χ0) is 21.8. The molecule has 1 aromatic heterocycles. The van der Waals surface area contributed by atoms with E-state index in [1.807, 2.05) is 35.3 Å². The second-order valence-electron chi connectivity index (χ2n) is 7.09. The molecular weight excluding hydrogens is 392 g/mol. The largest absolute Gasteiger partial charge is 0.457 e. The van der Waals surface area contributed by atoms with Crippen LogP contribution in [0, 0.1) is 5.92 Å². The van der Waals surface area contributed by atoms with Crippen LogP contribution in [0.3, 0.4) is 0 Å². The number of carbonyl (C=O) groups is 3. The molecule has 1 aromatic carbocycles. The van der Waals surface area contributed by atoms with E-state index in [-0.39, 0.29) is 24.7 Å². The van der Waals surface area contributed by atoms with Gasteiger partial charge in [-0.1, -0.05) is 30.3 Å². The van der Waals surface area contributed by atoms with Gasteiger partial charge in [0.1, 0.15) is 11.4 Å². The Kier molecular flexibility index (Phi) is 6.14. The molecule has 0 spiro atoms. The van der Waals surface area contributed by atoms with Crippen LogP contribution >= 0.6 is 0 Å². The van der Waals surface area contributed by atoms with Crippen LogP contribution in [0.1, 0.15) is 22.3 Å². The van der Waals surface area contributed by atoms with Crippen molar-refractivity contribution in [3.05, 3.63) is 62.3 Å². The van der Waals surface area contributed by atoms with Crippen molar-refractivity contribution >= 4 is 23.5 Å². The lowest BCUT2D eigenvalue weighted by molar-refractivity contribution is -0.147. The number of esters is 1. The fraction of sp³-hybridized carbons (Fsp3) is 0.350. The summed E-state index contributed by atoms with van der Waals surface area (Å²) in [4.78, 5) is 63.7. The molecule has 1 aliphatic heterocycles. The number of hydrogen-bond acceptors (Lipinski definition) is 7. The summed E-state index contributed by atoms with van der Waals surface area (Å²) in [5.41, 5.74) is 4.60. The van der Waals surface area contributed by atoms with Crippen molar-refractivity contribution in [1.82, 2.24) is 14.5 Å². The number of ether oxygens (including phenoxy) is 1. The highest BCUT2D eigenvalue weighted by atomic mass is 16.5. The lowest BCUT2D eigenvalue weighted by atomic mass is 10.1. The first kappa shape index (κ1) is 21.0.